The van der Waals surface area contributed by atoms with Crippen LogP contribution in [0.4, 0.5) is 22.0 Å². The van der Waals surface area contributed by atoms with Crippen molar-refractivity contribution in [3.05, 3.63) is 71.1 Å². The van der Waals surface area contributed by atoms with Crippen molar-refractivity contribution in [1.29, 1.82) is 0 Å². The monoisotopic (exact) mass is 358 g/mol. The highest BCUT2D eigenvalue weighted by molar-refractivity contribution is 5.91. The molecule has 0 atom stereocenters. The third-order valence-corrected chi connectivity index (χ3v) is 3.04. The maximum atomic E-state index is 13.5. The molecular formula is C17H11F5O3. The Balaban J connectivity index is 2.20. The first-order valence-corrected chi connectivity index (χ1v) is 6.94. The van der Waals surface area contributed by atoms with E-state index in [0.717, 1.165) is 0 Å². The molecule has 0 saturated heterocycles. The van der Waals surface area contributed by atoms with Gasteiger partial charge in [0.2, 0.25) is 34.8 Å². The molecule has 0 unspecified atom stereocenters. The van der Waals surface area contributed by atoms with Crippen molar-refractivity contribution in [2.75, 3.05) is 6.61 Å². The first-order chi connectivity index (χ1) is 11.9. The van der Waals surface area contributed by atoms with Gasteiger partial charge in [0.25, 0.3) is 0 Å². The number of allylic oxidation sites excluding steroid dienone is 1. The maximum absolute atomic E-state index is 13.5. The van der Waals surface area contributed by atoms with Gasteiger partial charge in [-0.05, 0) is 31.2 Å². The van der Waals surface area contributed by atoms with Gasteiger partial charge in [0.1, 0.15) is 12.4 Å². The third-order valence-electron chi connectivity index (χ3n) is 3.04. The van der Waals surface area contributed by atoms with Gasteiger partial charge in [-0.3, -0.25) is 0 Å². The first-order valence-electron chi connectivity index (χ1n) is 6.94. The molecular weight excluding hydrogens is 347 g/mol. The van der Waals surface area contributed by atoms with Crippen molar-refractivity contribution in [2.45, 2.75) is 6.92 Å². The summed E-state index contributed by atoms with van der Waals surface area (Å²) in [5.41, 5.74) is -0.165. The van der Waals surface area contributed by atoms with E-state index < -0.39 is 40.8 Å². The summed E-state index contributed by atoms with van der Waals surface area (Å²) in [5, 5.41) is 0. The lowest BCUT2D eigenvalue weighted by atomic mass is 10.2. The molecule has 132 valence electrons. The van der Waals surface area contributed by atoms with Crippen molar-refractivity contribution in [1.82, 2.24) is 0 Å². The fourth-order valence-corrected chi connectivity index (χ4v) is 1.75. The predicted octanol–water partition coefficient (Wildman–Crippen LogP) is 4.56. The molecule has 2 aromatic carbocycles. The van der Waals surface area contributed by atoms with Gasteiger partial charge in [-0.2, -0.15) is 8.78 Å². The summed E-state index contributed by atoms with van der Waals surface area (Å²) in [5.74, 6) is -13.7. The summed E-state index contributed by atoms with van der Waals surface area (Å²) in [6.07, 6.45) is 3.52. The number of hydrogen-bond donors (Lipinski definition) is 0. The van der Waals surface area contributed by atoms with Gasteiger partial charge in [-0.15, -0.1) is 0 Å². The topological polar surface area (TPSA) is 35.5 Å². The van der Waals surface area contributed by atoms with E-state index in [1.54, 1.807) is 12.2 Å². The van der Waals surface area contributed by atoms with E-state index >= 15 is 0 Å². The molecule has 0 fully saturated rings. The average Bonchev–Trinajstić information content (AvgIpc) is 2.62. The Morgan fingerprint density at radius 1 is 0.920 bits per heavy atom. The van der Waals surface area contributed by atoms with Gasteiger partial charge in [0, 0.05) is 0 Å². The standard InChI is InChI=1S/C17H11F5O3/c1-2-3-8-24-10-6-4-9(5-7-10)17(23)25-16-14(21)12(19)11(18)13(20)15(16)22/h2-7H,8H2,1H3/b3-2-. The zero-order chi connectivity index (χ0) is 18.6. The van der Waals surface area contributed by atoms with Gasteiger partial charge in [0.05, 0.1) is 5.56 Å². The Labute approximate surface area is 139 Å². The van der Waals surface area contributed by atoms with E-state index in [0.29, 0.717) is 12.4 Å². The van der Waals surface area contributed by atoms with Crippen LogP contribution in [0.1, 0.15) is 17.3 Å². The second kappa shape index (κ2) is 7.78. The molecule has 0 N–H and O–H groups in total. The molecule has 2 aromatic rings. The summed E-state index contributed by atoms with van der Waals surface area (Å²) in [4.78, 5) is 11.9. The van der Waals surface area contributed by atoms with Crippen molar-refractivity contribution in [3.8, 4) is 11.5 Å². The van der Waals surface area contributed by atoms with E-state index in [1.165, 1.54) is 24.3 Å². The molecule has 0 bridgehead atoms. The minimum absolute atomic E-state index is 0.165. The Hall–Kier alpha value is -2.90. The van der Waals surface area contributed by atoms with Crippen LogP contribution in [0.2, 0.25) is 0 Å². The van der Waals surface area contributed by atoms with Gasteiger partial charge in [-0.1, -0.05) is 12.2 Å². The molecule has 25 heavy (non-hydrogen) atoms. The summed E-state index contributed by atoms with van der Waals surface area (Å²) in [6, 6.07) is 5.22. The largest absolute Gasteiger partial charge is 0.490 e. The van der Waals surface area contributed by atoms with Crippen molar-refractivity contribution < 1.29 is 36.2 Å². The van der Waals surface area contributed by atoms with Crippen LogP contribution in [0.5, 0.6) is 11.5 Å². The molecule has 2 rings (SSSR count). The molecule has 0 aromatic heterocycles. The van der Waals surface area contributed by atoms with Crippen LogP contribution >= 0.6 is 0 Å². The fourth-order valence-electron chi connectivity index (χ4n) is 1.75. The van der Waals surface area contributed by atoms with Crippen molar-refractivity contribution >= 4 is 5.97 Å². The van der Waals surface area contributed by atoms with Gasteiger partial charge < -0.3 is 9.47 Å². The Kier molecular flexibility index (Phi) is 5.74. The van der Waals surface area contributed by atoms with E-state index in [4.69, 9.17) is 4.74 Å². The van der Waals surface area contributed by atoms with Crippen LogP contribution in [-0.2, 0) is 0 Å². The summed E-state index contributed by atoms with van der Waals surface area (Å²) < 4.78 is 75.7. The molecule has 0 radical (unpaired) electrons. The molecule has 0 spiro atoms. The lowest BCUT2D eigenvalue weighted by Gasteiger charge is -2.09. The van der Waals surface area contributed by atoms with Crippen molar-refractivity contribution in [3.63, 3.8) is 0 Å². The highest BCUT2D eigenvalue weighted by Crippen LogP contribution is 2.29. The molecule has 0 aliphatic carbocycles. The minimum atomic E-state index is -2.34. The normalized spacial score (nSPS) is 11.0. The lowest BCUT2D eigenvalue weighted by molar-refractivity contribution is 0.0716. The van der Waals surface area contributed by atoms with E-state index in [-0.39, 0.29) is 5.56 Å². The van der Waals surface area contributed by atoms with Gasteiger partial charge in [-0.25, -0.2) is 18.0 Å². The summed E-state index contributed by atoms with van der Waals surface area (Å²) in [6.45, 7) is 2.10. The number of carbonyl (C=O) groups is 1. The van der Waals surface area contributed by atoms with Gasteiger partial charge >= 0.3 is 5.97 Å². The SMILES string of the molecule is C/C=C\COc1ccc(C(=O)Oc2c(F)c(F)c(F)c(F)c2F)cc1. The van der Waals surface area contributed by atoms with Crippen LogP contribution in [0.15, 0.2) is 36.4 Å². The zero-order valence-corrected chi connectivity index (χ0v) is 12.8. The first kappa shape index (κ1) is 18.4. The van der Waals surface area contributed by atoms with Crippen LogP contribution in [0.3, 0.4) is 0 Å². The Morgan fingerprint density at radius 3 is 1.96 bits per heavy atom. The number of esters is 1. The summed E-state index contributed by atoms with van der Waals surface area (Å²) in [7, 11) is 0. The van der Waals surface area contributed by atoms with Crippen LogP contribution in [-0.4, -0.2) is 12.6 Å². The molecule has 0 aliphatic heterocycles. The Morgan fingerprint density at radius 2 is 1.44 bits per heavy atom. The highest BCUT2D eigenvalue weighted by Gasteiger charge is 2.28. The van der Waals surface area contributed by atoms with Gasteiger partial charge in [0.15, 0.2) is 0 Å². The van der Waals surface area contributed by atoms with E-state index in [9.17, 15) is 26.7 Å². The average molecular weight is 358 g/mol. The van der Waals surface area contributed by atoms with Crippen LogP contribution in [0.25, 0.3) is 0 Å². The number of ether oxygens (including phenoxy) is 2. The lowest BCUT2D eigenvalue weighted by Crippen LogP contribution is -2.13. The van der Waals surface area contributed by atoms with E-state index in [1.807, 2.05) is 6.92 Å². The minimum Gasteiger partial charge on any atom is -0.490 e. The quantitative estimate of drug-likeness (QED) is 0.196. The predicted molar refractivity (Wildman–Crippen MR) is 77.9 cm³/mol. The zero-order valence-electron chi connectivity index (χ0n) is 12.8. The van der Waals surface area contributed by atoms with Crippen LogP contribution in [0, 0.1) is 29.1 Å². The number of halogens is 5. The maximum Gasteiger partial charge on any atom is 0.343 e. The Bertz CT molecular complexity index is 787. The highest BCUT2D eigenvalue weighted by atomic mass is 19.2. The number of carbonyl (C=O) groups excluding carboxylic acids is 1. The summed E-state index contributed by atoms with van der Waals surface area (Å²) >= 11 is 0. The van der Waals surface area contributed by atoms with E-state index in [2.05, 4.69) is 4.74 Å². The number of hydrogen-bond acceptors (Lipinski definition) is 3. The number of benzene rings is 2. The smallest absolute Gasteiger partial charge is 0.343 e. The molecule has 0 amide bonds. The van der Waals surface area contributed by atoms with Crippen molar-refractivity contribution in [2.24, 2.45) is 0 Å². The molecule has 0 saturated carbocycles. The number of rotatable bonds is 5. The third kappa shape index (κ3) is 3.96. The second-order valence-electron chi connectivity index (χ2n) is 4.69. The van der Waals surface area contributed by atoms with Crippen LogP contribution < -0.4 is 9.47 Å². The molecule has 8 heteroatoms. The second-order valence-corrected chi connectivity index (χ2v) is 4.69. The molecule has 3 nitrogen and oxygen atoms in total. The molecule has 0 aliphatic rings. The fraction of sp³-hybridized carbons (Fsp3) is 0.118. The molecule has 0 heterocycles.